The Labute approximate surface area is 181 Å². The van der Waals surface area contributed by atoms with Crippen LogP contribution in [-0.2, 0) is 20.9 Å². The standard InChI is InChI=1S/C25H25N3O3/c1-18-7-9-20(10-8-18)25-21(16-28(27-25)15-19-5-3-2-4-6-19)11-14-24(30)31-17-23(29)26-22-12-13-22/h2-11,14,16,22H,12-13,15,17H2,1H3,(H,26,29)/b14-11+. The van der Waals surface area contributed by atoms with E-state index in [9.17, 15) is 9.59 Å². The molecule has 1 fully saturated rings. The molecule has 0 bridgehead atoms. The van der Waals surface area contributed by atoms with Crippen LogP contribution in [0.5, 0.6) is 0 Å². The van der Waals surface area contributed by atoms with Crippen LogP contribution in [0.15, 0.2) is 66.9 Å². The van der Waals surface area contributed by atoms with Gasteiger partial charge in [0.15, 0.2) is 6.61 Å². The van der Waals surface area contributed by atoms with Gasteiger partial charge in [0, 0.05) is 29.4 Å². The molecule has 1 heterocycles. The molecule has 0 radical (unpaired) electrons. The molecule has 0 unspecified atom stereocenters. The molecule has 2 aromatic carbocycles. The number of esters is 1. The Balaban J connectivity index is 1.49. The number of nitrogens with zero attached hydrogens (tertiary/aromatic N) is 2. The first-order valence-corrected chi connectivity index (χ1v) is 10.4. The van der Waals surface area contributed by atoms with Gasteiger partial charge in [0.2, 0.25) is 0 Å². The lowest BCUT2D eigenvalue weighted by Crippen LogP contribution is -2.30. The molecule has 0 atom stereocenters. The second kappa shape index (κ2) is 9.43. The average Bonchev–Trinajstić information content (AvgIpc) is 3.50. The largest absolute Gasteiger partial charge is 0.452 e. The summed E-state index contributed by atoms with van der Waals surface area (Å²) in [5.74, 6) is -0.822. The van der Waals surface area contributed by atoms with Crippen LogP contribution in [0.2, 0.25) is 0 Å². The van der Waals surface area contributed by atoms with Gasteiger partial charge in [0.1, 0.15) is 0 Å². The maximum absolute atomic E-state index is 12.1. The fourth-order valence-corrected chi connectivity index (χ4v) is 3.19. The molecule has 1 saturated carbocycles. The van der Waals surface area contributed by atoms with E-state index < -0.39 is 5.97 Å². The summed E-state index contributed by atoms with van der Waals surface area (Å²) in [6, 6.07) is 18.4. The van der Waals surface area contributed by atoms with Crippen molar-refractivity contribution in [2.24, 2.45) is 0 Å². The van der Waals surface area contributed by atoms with Crippen LogP contribution < -0.4 is 5.32 Å². The molecule has 1 N–H and O–H groups in total. The maximum atomic E-state index is 12.1. The van der Waals surface area contributed by atoms with Gasteiger partial charge in [0.05, 0.1) is 12.2 Å². The van der Waals surface area contributed by atoms with E-state index in [0.29, 0.717) is 6.54 Å². The smallest absolute Gasteiger partial charge is 0.331 e. The average molecular weight is 415 g/mol. The summed E-state index contributed by atoms with van der Waals surface area (Å²) in [4.78, 5) is 23.8. The first-order valence-electron chi connectivity index (χ1n) is 10.4. The predicted octanol–water partition coefficient (Wildman–Crippen LogP) is 3.74. The first kappa shape index (κ1) is 20.6. The summed E-state index contributed by atoms with van der Waals surface area (Å²) in [6.07, 6.45) is 6.92. The molecule has 4 rings (SSSR count). The third-order valence-electron chi connectivity index (χ3n) is 4.99. The zero-order chi connectivity index (χ0) is 21.6. The molecule has 0 saturated heterocycles. The Bertz CT molecular complexity index is 1080. The van der Waals surface area contributed by atoms with Gasteiger partial charge < -0.3 is 10.1 Å². The van der Waals surface area contributed by atoms with Crippen LogP contribution >= 0.6 is 0 Å². The number of ether oxygens (including phenoxy) is 1. The van der Waals surface area contributed by atoms with Gasteiger partial charge in [-0.25, -0.2) is 4.79 Å². The predicted molar refractivity (Wildman–Crippen MR) is 119 cm³/mol. The Morgan fingerprint density at radius 1 is 1.13 bits per heavy atom. The second-order valence-electron chi connectivity index (χ2n) is 7.77. The Morgan fingerprint density at radius 2 is 1.87 bits per heavy atom. The number of nitrogens with one attached hydrogen (secondary N) is 1. The van der Waals surface area contributed by atoms with Crippen molar-refractivity contribution in [3.05, 3.63) is 83.6 Å². The molecule has 3 aromatic rings. The van der Waals surface area contributed by atoms with E-state index >= 15 is 0 Å². The second-order valence-corrected chi connectivity index (χ2v) is 7.77. The quantitative estimate of drug-likeness (QED) is 0.449. The van der Waals surface area contributed by atoms with Gasteiger partial charge in [0.25, 0.3) is 5.91 Å². The number of hydrogen-bond donors (Lipinski definition) is 1. The van der Waals surface area contributed by atoms with Crippen molar-refractivity contribution in [1.29, 1.82) is 0 Å². The number of hydrogen-bond acceptors (Lipinski definition) is 4. The fourth-order valence-electron chi connectivity index (χ4n) is 3.19. The Kier molecular flexibility index (Phi) is 6.26. The monoisotopic (exact) mass is 415 g/mol. The van der Waals surface area contributed by atoms with E-state index in [2.05, 4.69) is 5.32 Å². The molecule has 31 heavy (non-hydrogen) atoms. The van der Waals surface area contributed by atoms with Gasteiger partial charge in [-0.15, -0.1) is 0 Å². The van der Waals surface area contributed by atoms with Crippen molar-refractivity contribution in [2.45, 2.75) is 32.4 Å². The van der Waals surface area contributed by atoms with Crippen LogP contribution in [-0.4, -0.2) is 34.3 Å². The first-order chi connectivity index (χ1) is 15.1. The molecule has 1 aliphatic rings. The zero-order valence-electron chi connectivity index (χ0n) is 17.5. The number of aryl methyl sites for hydroxylation is 1. The minimum Gasteiger partial charge on any atom is -0.452 e. The highest BCUT2D eigenvalue weighted by atomic mass is 16.5. The lowest BCUT2D eigenvalue weighted by molar-refractivity contribution is -0.143. The van der Waals surface area contributed by atoms with Gasteiger partial charge in [-0.2, -0.15) is 5.10 Å². The van der Waals surface area contributed by atoms with Gasteiger partial charge in [-0.3, -0.25) is 9.48 Å². The normalized spacial score (nSPS) is 13.3. The summed E-state index contributed by atoms with van der Waals surface area (Å²) < 4.78 is 6.91. The highest BCUT2D eigenvalue weighted by Gasteiger charge is 2.23. The molecule has 0 aliphatic heterocycles. The summed E-state index contributed by atoms with van der Waals surface area (Å²) >= 11 is 0. The SMILES string of the molecule is Cc1ccc(-c2nn(Cc3ccccc3)cc2/C=C/C(=O)OCC(=O)NC2CC2)cc1. The summed E-state index contributed by atoms with van der Waals surface area (Å²) in [7, 11) is 0. The zero-order valence-corrected chi connectivity index (χ0v) is 17.5. The fraction of sp³-hybridized carbons (Fsp3) is 0.240. The van der Waals surface area contributed by atoms with Crippen LogP contribution in [0.1, 0.15) is 29.5 Å². The molecule has 0 spiro atoms. The van der Waals surface area contributed by atoms with Crippen molar-refractivity contribution < 1.29 is 14.3 Å². The lowest BCUT2D eigenvalue weighted by Gasteiger charge is -2.03. The van der Waals surface area contributed by atoms with Crippen molar-refractivity contribution in [3.8, 4) is 11.3 Å². The molecule has 6 nitrogen and oxygen atoms in total. The summed E-state index contributed by atoms with van der Waals surface area (Å²) in [6.45, 7) is 2.39. The molecule has 1 amide bonds. The molecule has 1 aromatic heterocycles. The number of aromatic nitrogens is 2. The third kappa shape index (κ3) is 5.92. The van der Waals surface area contributed by atoms with E-state index in [4.69, 9.17) is 9.84 Å². The van der Waals surface area contributed by atoms with E-state index in [1.54, 1.807) is 6.08 Å². The Hall–Kier alpha value is -3.67. The summed E-state index contributed by atoms with van der Waals surface area (Å²) in [5.41, 5.74) is 4.86. The number of carbonyl (C=O) groups is 2. The third-order valence-corrected chi connectivity index (χ3v) is 4.99. The number of carbonyl (C=O) groups excluding carboxylic acids is 2. The van der Waals surface area contributed by atoms with E-state index in [0.717, 1.165) is 40.8 Å². The Morgan fingerprint density at radius 3 is 2.58 bits per heavy atom. The van der Waals surface area contributed by atoms with Crippen molar-refractivity contribution >= 4 is 18.0 Å². The molecular weight excluding hydrogens is 390 g/mol. The number of rotatable bonds is 8. The van der Waals surface area contributed by atoms with Crippen LogP contribution in [0.4, 0.5) is 0 Å². The number of amides is 1. The molecule has 6 heteroatoms. The molecular formula is C25H25N3O3. The van der Waals surface area contributed by atoms with Crippen LogP contribution in [0, 0.1) is 6.92 Å². The van der Waals surface area contributed by atoms with E-state index in [1.807, 2.05) is 72.4 Å². The van der Waals surface area contributed by atoms with E-state index in [1.165, 1.54) is 6.08 Å². The van der Waals surface area contributed by atoms with Gasteiger partial charge >= 0.3 is 5.97 Å². The van der Waals surface area contributed by atoms with Crippen molar-refractivity contribution in [2.75, 3.05) is 6.61 Å². The minimum atomic E-state index is -0.559. The van der Waals surface area contributed by atoms with Gasteiger partial charge in [-0.1, -0.05) is 60.2 Å². The van der Waals surface area contributed by atoms with E-state index in [-0.39, 0.29) is 18.6 Å². The molecule has 158 valence electrons. The number of benzene rings is 2. The van der Waals surface area contributed by atoms with Crippen molar-refractivity contribution in [3.63, 3.8) is 0 Å². The highest BCUT2D eigenvalue weighted by Crippen LogP contribution is 2.24. The van der Waals surface area contributed by atoms with Crippen LogP contribution in [0.25, 0.3) is 17.3 Å². The summed E-state index contributed by atoms with van der Waals surface area (Å²) in [5, 5.41) is 7.54. The van der Waals surface area contributed by atoms with Crippen LogP contribution in [0.3, 0.4) is 0 Å². The lowest BCUT2D eigenvalue weighted by atomic mass is 10.1. The maximum Gasteiger partial charge on any atom is 0.331 e. The minimum absolute atomic E-state index is 0.245. The topological polar surface area (TPSA) is 73.2 Å². The van der Waals surface area contributed by atoms with Gasteiger partial charge in [-0.05, 0) is 31.4 Å². The highest BCUT2D eigenvalue weighted by molar-refractivity contribution is 5.90. The van der Waals surface area contributed by atoms with Crippen molar-refractivity contribution in [1.82, 2.24) is 15.1 Å². The molecule has 1 aliphatic carbocycles.